The van der Waals surface area contributed by atoms with Crippen LogP contribution in [0.5, 0.6) is 0 Å². The van der Waals surface area contributed by atoms with E-state index in [0.29, 0.717) is 6.42 Å². The lowest BCUT2D eigenvalue weighted by molar-refractivity contribution is -0.156. The SMILES string of the molecule is CC1(C)CCC(C)(C)C(/C=C/[C@H]2C[C@H](O)CC(=O)O2)=C(c2ccc(F)cc2)C1. The Labute approximate surface area is 167 Å². The molecule has 28 heavy (non-hydrogen) atoms. The van der Waals surface area contributed by atoms with Crippen molar-refractivity contribution in [3.8, 4) is 0 Å². The molecular formula is C24H31FO3. The van der Waals surface area contributed by atoms with Gasteiger partial charge in [-0.2, -0.15) is 0 Å². The Bertz CT molecular complexity index is 787. The van der Waals surface area contributed by atoms with Crippen LogP contribution in [0.1, 0.15) is 65.4 Å². The predicted octanol–water partition coefficient (Wildman–Crippen LogP) is 5.44. The van der Waals surface area contributed by atoms with Gasteiger partial charge in [0.1, 0.15) is 11.9 Å². The first-order valence-corrected chi connectivity index (χ1v) is 10.1. The molecule has 1 heterocycles. The maximum Gasteiger partial charge on any atom is 0.309 e. The van der Waals surface area contributed by atoms with E-state index in [0.717, 1.165) is 24.8 Å². The van der Waals surface area contributed by atoms with E-state index < -0.39 is 12.2 Å². The highest BCUT2D eigenvalue weighted by molar-refractivity contribution is 5.73. The number of aliphatic hydroxyl groups excluding tert-OH is 1. The number of benzene rings is 1. The summed E-state index contributed by atoms with van der Waals surface area (Å²) < 4.78 is 18.9. The summed E-state index contributed by atoms with van der Waals surface area (Å²) in [6, 6.07) is 6.71. The molecular weight excluding hydrogens is 355 g/mol. The second kappa shape index (κ2) is 7.82. The van der Waals surface area contributed by atoms with Crippen LogP contribution in [-0.4, -0.2) is 23.3 Å². The van der Waals surface area contributed by atoms with E-state index in [1.165, 1.54) is 23.3 Å². The average Bonchev–Trinajstić information content (AvgIpc) is 2.67. The molecule has 1 saturated heterocycles. The summed E-state index contributed by atoms with van der Waals surface area (Å²) in [5.41, 5.74) is 3.52. The molecule has 0 aromatic heterocycles. The van der Waals surface area contributed by atoms with Crippen LogP contribution in [-0.2, 0) is 9.53 Å². The second-order valence-electron chi connectivity index (χ2n) is 9.61. The van der Waals surface area contributed by atoms with Gasteiger partial charge in [0.25, 0.3) is 0 Å². The first kappa shape index (κ1) is 20.8. The number of allylic oxidation sites excluding steroid dienone is 3. The highest BCUT2D eigenvalue weighted by Gasteiger charge is 2.34. The summed E-state index contributed by atoms with van der Waals surface area (Å²) in [6.07, 6.45) is 6.43. The van der Waals surface area contributed by atoms with Crippen LogP contribution in [0.25, 0.3) is 5.57 Å². The lowest BCUT2D eigenvalue weighted by Gasteiger charge is -2.28. The molecule has 0 spiro atoms. The Hall–Kier alpha value is -1.94. The topological polar surface area (TPSA) is 46.5 Å². The third-order valence-electron chi connectivity index (χ3n) is 6.00. The van der Waals surface area contributed by atoms with Crippen molar-refractivity contribution in [3.63, 3.8) is 0 Å². The predicted molar refractivity (Wildman–Crippen MR) is 109 cm³/mol. The summed E-state index contributed by atoms with van der Waals surface area (Å²) in [4.78, 5) is 11.7. The highest BCUT2D eigenvalue weighted by atomic mass is 19.1. The van der Waals surface area contributed by atoms with Gasteiger partial charge in [0, 0.05) is 6.42 Å². The van der Waals surface area contributed by atoms with Crippen molar-refractivity contribution in [3.05, 3.63) is 53.4 Å². The molecule has 1 fully saturated rings. The fourth-order valence-electron chi connectivity index (χ4n) is 4.22. The highest BCUT2D eigenvalue weighted by Crippen LogP contribution is 2.49. The van der Waals surface area contributed by atoms with Crippen LogP contribution in [0, 0.1) is 16.6 Å². The first-order chi connectivity index (χ1) is 13.1. The molecule has 2 aliphatic rings. The zero-order valence-electron chi connectivity index (χ0n) is 17.3. The normalized spacial score (nSPS) is 27.6. The van der Waals surface area contributed by atoms with E-state index in [2.05, 4.69) is 33.8 Å². The van der Waals surface area contributed by atoms with Gasteiger partial charge in [0.05, 0.1) is 12.5 Å². The van der Waals surface area contributed by atoms with Gasteiger partial charge in [0.2, 0.25) is 0 Å². The van der Waals surface area contributed by atoms with E-state index in [-0.39, 0.29) is 29.0 Å². The average molecular weight is 387 g/mol. The number of rotatable bonds is 3. The number of hydrogen-bond donors (Lipinski definition) is 1. The number of hydrogen-bond acceptors (Lipinski definition) is 3. The smallest absolute Gasteiger partial charge is 0.309 e. The van der Waals surface area contributed by atoms with Gasteiger partial charge in [-0.15, -0.1) is 0 Å². The number of ether oxygens (including phenoxy) is 1. The Morgan fingerprint density at radius 2 is 1.82 bits per heavy atom. The number of aliphatic hydroxyl groups is 1. The van der Waals surface area contributed by atoms with Gasteiger partial charge in [-0.1, -0.05) is 45.9 Å². The number of cyclic esters (lactones) is 1. The van der Waals surface area contributed by atoms with Gasteiger partial charge in [0.15, 0.2) is 0 Å². The zero-order valence-corrected chi connectivity index (χ0v) is 17.3. The molecule has 3 nitrogen and oxygen atoms in total. The van der Waals surface area contributed by atoms with Gasteiger partial charge in [-0.25, -0.2) is 4.39 Å². The van der Waals surface area contributed by atoms with E-state index in [1.807, 2.05) is 18.2 Å². The van der Waals surface area contributed by atoms with Crippen LogP contribution < -0.4 is 0 Å². The van der Waals surface area contributed by atoms with Crippen LogP contribution in [0.3, 0.4) is 0 Å². The molecule has 1 aliphatic carbocycles. The quantitative estimate of drug-likeness (QED) is 0.704. The fourth-order valence-corrected chi connectivity index (χ4v) is 4.22. The maximum atomic E-state index is 13.5. The molecule has 1 aromatic carbocycles. The summed E-state index contributed by atoms with van der Waals surface area (Å²) in [6.45, 7) is 9.02. The Morgan fingerprint density at radius 3 is 2.46 bits per heavy atom. The van der Waals surface area contributed by atoms with Gasteiger partial charge >= 0.3 is 5.97 Å². The minimum absolute atomic E-state index is 0.0630. The zero-order chi connectivity index (χ0) is 20.5. The summed E-state index contributed by atoms with van der Waals surface area (Å²) >= 11 is 0. The van der Waals surface area contributed by atoms with Crippen molar-refractivity contribution in [2.24, 2.45) is 10.8 Å². The molecule has 152 valence electrons. The molecule has 2 atom stereocenters. The second-order valence-corrected chi connectivity index (χ2v) is 9.61. The Kier molecular flexibility index (Phi) is 5.81. The van der Waals surface area contributed by atoms with E-state index in [9.17, 15) is 14.3 Å². The molecule has 1 aromatic rings. The minimum atomic E-state index is -0.650. The number of halogens is 1. The Balaban J connectivity index is 2.04. The maximum absolute atomic E-state index is 13.5. The van der Waals surface area contributed by atoms with Gasteiger partial charge in [-0.3, -0.25) is 4.79 Å². The summed E-state index contributed by atoms with van der Waals surface area (Å²) in [5, 5.41) is 9.88. The number of carbonyl (C=O) groups is 1. The Morgan fingerprint density at radius 1 is 1.14 bits per heavy atom. The van der Waals surface area contributed by atoms with Crippen LogP contribution >= 0.6 is 0 Å². The van der Waals surface area contributed by atoms with Crippen molar-refractivity contribution in [2.45, 2.75) is 72.0 Å². The van der Waals surface area contributed by atoms with Crippen molar-refractivity contribution in [1.29, 1.82) is 0 Å². The van der Waals surface area contributed by atoms with Crippen molar-refractivity contribution >= 4 is 11.5 Å². The first-order valence-electron chi connectivity index (χ1n) is 10.1. The van der Waals surface area contributed by atoms with E-state index >= 15 is 0 Å². The van der Waals surface area contributed by atoms with Crippen molar-refractivity contribution in [1.82, 2.24) is 0 Å². The third-order valence-corrected chi connectivity index (χ3v) is 6.00. The van der Waals surface area contributed by atoms with E-state index in [4.69, 9.17) is 4.74 Å². The molecule has 0 amide bonds. The number of carbonyl (C=O) groups excluding carboxylic acids is 1. The van der Waals surface area contributed by atoms with Crippen LogP contribution in [0.15, 0.2) is 42.0 Å². The molecule has 1 aliphatic heterocycles. The lowest BCUT2D eigenvalue weighted by Crippen LogP contribution is -2.31. The third kappa shape index (κ3) is 4.91. The monoisotopic (exact) mass is 386 g/mol. The molecule has 0 bridgehead atoms. The minimum Gasteiger partial charge on any atom is -0.458 e. The van der Waals surface area contributed by atoms with Crippen LogP contribution in [0.2, 0.25) is 0 Å². The van der Waals surface area contributed by atoms with Crippen molar-refractivity contribution in [2.75, 3.05) is 0 Å². The standard InChI is InChI=1S/C24H31FO3/c1-23(2)11-12-24(3,4)21(10-9-19-13-18(26)14-22(27)28-19)20(15-23)16-5-7-17(25)8-6-16/h5-10,18-19,26H,11-15H2,1-4H3/b10-9+/t18-,19-/m0/s1. The van der Waals surface area contributed by atoms with Gasteiger partial charge < -0.3 is 9.84 Å². The van der Waals surface area contributed by atoms with E-state index in [1.54, 1.807) is 0 Å². The summed E-state index contributed by atoms with van der Waals surface area (Å²) in [5.74, 6) is -0.598. The largest absolute Gasteiger partial charge is 0.458 e. The number of esters is 1. The lowest BCUT2D eigenvalue weighted by atomic mass is 9.77. The molecule has 1 N–H and O–H groups in total. The van der Waals surface area contributed by atoms with Crippen molar-refractivity contribution < 1.29 is 19.0 Å². The fraction of sp³-hybridized carbons (Fsp3) is 0.542. The molecule has 3 rings (SSSR count). The molecule has 4 heteroatoms. The van der Waals surface area contributed by atoms with Gasteiger partial charge in [-0.05, 0) is 65.0 Å². The molecule has 0 unspecified atom stereocenters. The molecule has 0 radical (unpaired) electrons. The van der Waals surface area contributed by atoms with Crippen LogP contribution in [0.4, 0.5) is 4.39 Å². The summed E-state index contributed by atoms with van der Waals surface area (Å²) in [7, 11) is 0. The molecule has 0 saturated carbocycles.